The normalized spacial score (nSPS) is 12.3. The molecule has 0 spiro atoms. The van der Waals surface area contributed by atoms with Crippen LogP contribution < -0.4 is 5.32 Å². The first-order chi connectivity index (χ1) is 9.69. The molecule has 0 aliphatic rings. The summed E-state index contributed by atoms with van der Waals surface area (Å²) in [4.78, 5) is 4.35. The number of pyridine rings is 1. The number of rotatable bonds is 6. The van der Waals surface area contributed by atoms with Crippen molar-refractivity contribution in [2.45, 2.75) is 25.8 Å². The third kappa shape index (κ3) is 4.39. The van der Waals surface area contributed by atoms with Gasteiger partial charge in [0, 0.05) is 28.8 Å². The number of nitrogens with one attached hydrogen (secondary N) is 1. The highest BCUT2D eigenvalue weighted by Crippen LogP contribution is 2.23. The minimum Gasteiger partial charge on any atom is -0.310 e. The summed E-state index contributed by atoms with van der Waals surface area (Å²) < 4.78 is 14.3. The summed E-state index contributed by atoms with van der Waals surface area (Å²) in [7, 11) is 0. The van der Waals surface area contributed by atoms with Gasteiger partial charge in [-0.2, -0.15) is 0 Å². The predicted molar refractivity (Wildman–Crippen MR) is 83.1 cm³/mol. The Morgan fingerprint density at radius 1 is 1.30 bits per heavy atom. The van der Waals surface area contributed by atoms with Crippen molar-refractivity contribution in [1.29, 1.82) is 0 Å². The first-order valence-electron chi connectivity index (χ1n) is 6.78. The van der Waals surface area contributed by atoms with E-state index in [1.807, 2.05) is 24.3 Å². The van der Waals surface area contributed by atoms with Gasteiger partial charge in [-0.25, -0.2) is 4.39 Å². The second-order valence-corrected chi connectivity index (χ2v) is 5.65. The van der Waals surface area contributed by atoms with Crippen molar-refractivity contribution in [2.24, 2.45) is 0 Å². The molecule has 1 atom stereocenters. The van der Waals surface area contributed by atoms with Crippen LogP contribution in [0.5, 0.6) is 0 Å². The van der Waals surface area contributed by atoms with Crippen LogP contribution in [0.15, 0.2) is 47.1 Å². The molecule has 0 radical (unpaired) electrons. The van der Waals surface area contributed by atoms with Crippen LogP contribution in [0.2, 0.25) is 0 Å². The number of halogens is 2. The second kappa shape index (κ2) is 7.50. The molecule has 106 valence electrons. The highest BCUT2D eigenvalue weighted by molar-refractivity contribution is 9.10. The standard InChI is InChI=1S/C16H18BrFN2/c1-2-6-20-16(11-15-5-3-4-7-19-15)12-8-13(17)10-14(18)9-12/h3-5,7-10,16,20H,2,6,11H2,1H3. The van der Waals surface area contributed by atoms with E-state index in [0.717, 1.165) is 35.1 Å². The van der Waals surface area contributed by atoms with Crippen molar-refractivity contribution in [3.05, 3.63) is 64.1 Å². The van der Waals surface area contributed by atoms with Gasteiger partial charge in [-0.15, -0.1) is 0 Å². The number of hydrogen-bond acceptors (Lipinski definition) is 2. The Labute approximate surface area is 127 Å². The van der Waals surface area contributed by atoms with E-state index in [2.05, 4.69) is 33.2 Å². The van der Waals surface area contributed by atoms with Gasteiger partial charge >= 0.3 is 0 Å². The Bertz CT molecular complexity index is 525. The molecule has 0 saturated heterocycles. The number of nitrogens with zero attached hydrogens (tertiary/aromatic N) is 1. The fraction of sp³-hybridized carbons (Fsp3) is 0.312. The fourth-order valence-corrected chi connectivity index (χ4v) is 2.61. The average molecular weight is 337 g/mol. The van der Waals surface area contributed by atoms with Crippen LogP contribution in [0, 0.1) is 5.82 Å². The Morgan fingerprint density at radius 2 is 2.15 bits per heavy atom. The lowest BCUT2D eigenvalue weighted by molar-refractivity contribution is 0.519. The summed E-state index contributed by atoms with van der Waals surface area (Å²) in [5, 5.41) is 3.46. The Balaban J connectivity index is 2.22. The Kier molecular flexibility index (Phi) is 5.68. The van der Waals surface area contributed by atoms with Crippen LogP contribution in [0.25, 0.3) is 0 Å². The fourth-order valence-electron chi connectivity index (χ4n) is 2.13. The Morgan fingerprint density at radius 3 is 2.80 bits per heavy atom. The van der Waals surface area contributed by atoms with Crippen LogP contribution in [0.4, 0.5) is 4.39 Å². The largest absolute Gasteiger partial charge is 0.310 e. The number of hydrogen-bond donors (Lipinski definition) is 1. The molecule has 4 heteroatoms. The van der Waals surface area contributed by atoms with Gasteiger partial charge in [0.15, 0.2) is 0 Å². The van der Waals surface area contributed by atoms with Gasteiger partial charge in [0.25, 0.3) is 0 Å². The lowest BCUT2D eigenvalue weighted by Crippen LogP contribution is -2.24. The van der Waals surface area contributed by atoms with Gasteiger partial charge in [0.05, 0.1) is 0 Å². The van der Waals surface area contributed by atoms with Crippen molar-refractivity contribution in [1.82, 2.24) is 10.3 Å². The first kappa shape index (κ1) is 15.1. The van der Waals surface area contributed by atoms with E-state index in [1.54, 1.807) is 12.3 Å². The van der Waals surface area contributed by atoms with E-state index < -0.39 is 0 Å². The van der Waals surface area contributed by atoms with Crippen LogP contribution >= 0.6 is 15.9 Å². The minimum atomic E-state index is -0.223. The van der Waals surface area contributed by atoms with Gasteiger partial charge in [0.2, 0.25) is 0 Å². The molecule has 0 saturated carbocycles. The minimum absolute atomic E-state index is 0.0665. The second-order valence-electron chi connectivity index (χ2n) is 4.73. The molecule has 0 aliphatic carbocycles. The molecule has 1 unspecified atom stereocenters. The summed E-state index contributed by atoms with van der Waals surface area (Å²) in [5.41, 5.74) is 1.94. The third-order valence-electron chi connectivity index (χ3n) is 3.07. The summed E-state index contributed by atoms with van der Waals surface area (Å²) in [5.74, 6) is -0.223. The molecular formula is C16H18BrFN2. The maximum atomic E-state index is 13.6. The molecule has 1 heterocycles. The Hall–Kier alpha value is -1.26. The molecule has 1 aromatic heterocycles. The van der Waals surface area contributed by atoms with Gasteiger partial charge in [0.1, 0.15) is 5.82 Å². The zero-order chi connectivity index (χ0) is 14.4. The highest BCUT2D eigenvalue weighted by Gasteiger charge is 2.14. The number of aromatic nitrogens is 1. The van der Waals surface area contributed by atoms with Crippen molar-refractivity contribution >= 4 is 15.9 Å². The topological polar surface area (TPSA) is 24.9 Å². The summed E-state index contributed by atoms with van der Waals surface area (Å²) in [6.07, 6.45) is 3.57. The lowest BCUT2D eigenvalue weighted by atomic mass is 10.0. The van der Waals surface area contributed by atoms with Crippen LogP contribution in [0.3, 0.4) is 0 Å². The van der Waals surface area contributed by atoms with Crippen LogP contribution in [-0.4, -0.2) is 11.5 Å². The smallest absolute Gasteiger partial charge is 0.124 e. The van der Waals surface area contributed by atoms with Crippen molar-refractivity contribution in [3.8, 4) is 0 Å². The first-order valence-corrected chi connectivity index (χ1v) is 7.57. The third-order valence-corrected chi connectivity index (χ3v) is 3.53. The average Bonchev–Trinajstić information content (AvgIpc) is 2.43. The molecule has 2 nitrogen and oxygen atoms in total. The molecule has 0 bridgehead atoms. The molecule has 0 aliphatic heterocycles. The molecular weight excluding hydrogens is 319 g/mol. The molecule has 2 rings (SSSR count). The van der Waals surface area contributed by atoms with E-state index in [0.29, 0.717) is 0 Å². The van der Waals surface area contributed by atoms with Crippen molar-refractivity contribution in [3.63, 3.8) is 0 Å². The van der Waals surface area contributed by atoms with Gasteiger partial charge < -0.3 is 5.32 Å². The number of benzene rings is 1. The van der Waals surface area contributed by atoms with Crippen LogP contribution in [-0.2, 0) is 6.42 Å². The summed E-state index contributed by atoms with van der Waals surface area (Å²) >= 11 is 3.35. The highest BCUT2D eigenvalue weighted by atomic mass is 79.9. The zero-order valence-electron chi connectivity index (χ0n) is 11.4. The molecule has 0 fully saturated rings. The molecule has 1 aromatic carbocycles. The van der Waals surface area contributed by atoms with E-state index in [4.69, 9.17) is 0 Å². The van der Waals surface area contributed by atoms with Gasteiger partial charge in [-0.1, -0.05) is 28.9 Å². The summed E-state index contributed by atoms with van der Waals surface area (Å²) in [6.45, 7) is 3.01. The SMILES string of the molecule is CCCNC(Cc1ccccn1)c1cc(F)cc(Br)c1. The van der Waals surface area contributed by atoms with Gasteiger partial charge in [-0.05, 0) is 48.9 Å². The predicted octanol–water partition coefficient (Wildman–Crippen LogP) is 4.27. The van der Waals surface area contributed by atoms with Crippen LogP contribution in [0.1, 0.15) is 30.6 Å². The summed E-state index contributed by atoms with van der Waals surface area (Å²) in [6, 6.07) is 10.9. The zero-order valence-corrected chi connectivity index (χ0v) is 13.0. The molecule has 20 heavy (non-hydrogen) atoms. The van der Waals surface area contributed by atoms with E-state index in [9.17, 15) is 4.39 Å². The maximum absolute atomic E-state index is 13.6. The van der Waals surface area contributed by atoms with Crippen molar-refractivity contribution in [2.75, 3.05) is 6.54 Å². The van der Waals surface area contributed by atoms with E-state index >= 15 is 0 Å². The maximum Gasteiger partial charge on any atom is 0.124 e. The molecule has 0 amide bonds. The quantitative estimate of drug-likeness (QED) is 0.852. The van der Waals surface area contributed by atoms with E-state index in [-0.39, 0.29) is 11.9 Å². The molecule has 1 N–H and O–H groups in total. The van der Waals surface area contributed by atoms with E-state index in [1.165, 1.54) is 6.07 Å². The monoisotopic (exact) mass is 336 g/mol. The molecule has 2 aromatic rings. The van der Waals surface area contributed by atoms with Gasteiger partial charge in [-0.3, -0.25) is 4.98 Å². The van der Waals surface area contributed by atoms with Crippen molar-refractivity contribution < 1.29 is 4.39 Å². The lowest BCUT2D eigenvalue weighted by Gasteiger charge is -2.19.